The van der Waals surface area contributed by atoms with Gasteiger partial charge in [-0.05, 0) is 31.2 Å². The van der Waals surface area contributed by atoms with Crippen LogP contribution in [0.4, 0.5) is 4.39 Å². The lowest BCUT2D eigenvalue weighted by molar-refractivity contribution is 0.0982. The summed E-state index contributed by atoms with van der Waals surface area (Å²) >= 11 is 0. The van der Waals surface area contributed by atoms with E-state index in [1.165, 1.54) is 13.0 Å². The van der Waals surface area contributed by atoms with Gasteiger partial charge in [-0.15, -0.1) is 0 Å². The first-order chi connectivity index (χ1) is 6.56. The van der Waals surface area contributed by atoms with Crippen LogP contribution in [-0.4, -0.2) is 17.4 Å². The van der Waals surface area contributed by atoms with E-state index in [2.05, 4.69) is 0 Å². The van der Waals surface area contributed by atoms with Crippen molar-refractivity contribution in [3.05, 3.63) is 29.1 Å². The lowest BCUT2D eigenvalue weighted by atomic mass is 10.0. The molecule has 0 heterocycles. The fraction of sp³-hybridized carbons (Fsp3) is 0.300. The molecular formula is C10H12FNO2. The summed E-state index contributed by atoms with van der Waals surface area (Å²) in [4.78, 5) is 11.3. The van der Waals surface area contributed by atoms with Crippen LogP contribution in [-0.2, 0) is 0 Å². The van der Waals surface area contributed by atoms with E-state index in [0.29, 0.717) is 5.56 Å². The van der Waals surface area contributed by atoms with Crippen LogP contribution in [0.3, 0.4) is 0 Å². The number of carbonyl (C=O) groups is 1. The number of hydrogen-bond donors (Lipinski definition) is 2. The molecular weight excluding hydrogens is 185 g/mol. The van der Waals surface area contributed by atoms with Gasteiger partial charge < -0.3 is 10.8 Å². The van der Waals surface area contributed by atoms with Gasteiger partial charge in [-0.2, -0.15) is 0 Å². The number of hydrogen-bond acceptors (Lipinski definition) is 3. The van der Waals surface area contributed by atoms with Gasteiger partial charge in [0.15, 0.2) is 5.78 Å². The molecule has 0 saturated heterocycles. The maximum Gasteiger partial charge on any atom is 0.167 e. The third-order valence-electron chi connectivity index (χ3n) is 1.95. The largest absolute Gasteiger partial charge is 0.507 e. The van der Waals surface area contributed by atoms with E-state index < -0.39 is 5.82 Å². The van der Waals surface area contributed by atoms with Gasteiger partial charge >= 0.3 is 0 Å². The number of rotatable bonds is 3. The molecule has 1 aromatic carbocycles. The molecule has 0 aliphatic carbocycles. The number of Topliss-reactive ketones (excluding diaryl/α,β-unsaturated/α-hetero) is 1. The highest BCUT2D eigenvalue weighted by molar-refractivity contribution is 5.98. The van der Waals surface area contributed by atoms with Crippen LogP contribution >= 0.6 is 0 Å². The number of halogens is 1. The predicted molar refractivity (Wildman–Crippen MR) is 50.8 cm³/mol. The number of aromatic hydroxyl groups is 1. The molecule has 0 aliphatic heterocycles. The summed E-state index contributed by atoms with van der Waals surface area (Å²) in [6.07, 6.45) is 0.107. The minimum atomic E-state index is -0.497. The molecule has 0 bridgehead atoms. The van der Waals surface area contributed by atoms with Crippen molar-refractivity contribution in [1.82, 2.24) is 0 Å². The SMILES string of the molecule is Cc1cc(O)c(C(=O)CCN)cc1F. The third kappa shape index (κ3) is 2.09. The van der Waals surface area contributed by atoms with E-state index >= 15 is 0 Å². The van der Waals surface area contributed by atoms with E-state index in [1.807, 2.05) is 0 Å². The molecule has 0 fully saturated rings. The molecule has 4 heteroatoms. The van der Waals surface area contributed by atoms with Crippen molar-refractivity contribution >= 4 is 5.78 Å². The van der Waals surface area contributed by atoms with Gasteiger partial charge in [0.2, 0.25) is 0 Å². The Balaban J connectivity index is 3.09. The zero-order valence-electron chi connectivity index (χ0n) is 7.88. The molecule has 0 saturated carbocycles. The lowest BCUT2D eigenvalue weighted by Crippen LogP contribution is -2.08. The zero-order valence-corrected chi connectivity index (χ0v) is 7.88. The third-order valence-corrected chi connectivity index (χ3v) is 1.95. The zero-order chi connectivity index (χ0) is 10.7. The average molecular weight is 197 g/mol. The number of benzene rings is 1. The molecule has 1 aromatic rings. The second kappa shape index (κ2) is 4.19. The van der Waals surface area contributed by atoms with Crippen molar-refractivity contribution in [2.75, 3.05) is 6.54 Å². The van der Waals surface area contributed by atoms with Crippen molar-refractivity contribution in [3.8, 4) is 5.75 Å². The van der Waals surface area contributed by atoms with Gasteiger partial charge in [0.05, 0.1) is 5.56 Å². The highest BCUT2D eigenvalue weighted by Gasteiger charge is 2.12. The van der Waals surface area contributed by atoms with Crippen molar-refractivity contribution in [3.63, 3.8) is 0 Å². The van der Waals surface area contributed by atoms with Crippen LogP contribution in [0, 0.1) is 12.7 Å². The van der Waals surface area contributed by atoms with E-state index in [0.717, 1.165) is 6.07 Å². The maximum atomic E-state index is 13.1. The quantitative estimate of drug-likeness (QED) is 0.719. The number of nitrogens with two attached hydrogens (primary N) is 1. The van der Waals surface area contributed by atoms with Crippen LogP contribution in [0.15, 0.2) is 12.1 Å². The Morgan fingerprint density at radius 3 is 2.79 bits per heavy atom. The van der Waals surface area contributed by atoms with Crippen LogP contribution in [0.2, 0.25) is 0 Å². The minimum Gasteiger partial charge on any atom is -0.507 e. The van der Waals surface area contributed by atoms with Crippen LogP contribution < -0.4 is 5.73 Å². The normalized spacial score (nSPS) is 10.2. The fourth-order valence-electron chi connectivity index (χ4n) is 1.16. The Labute approximate surface area is 81.4 Å². The maximum absolute atomic E-state index is 13.1. The number of carbonyl (C=O) groups excluding carboxylic acids is 1. The monoisotopic (exact) mass is 197 g/mol. The molecule has 0 aliphatic rings. The number of aryl methyl sites for hydroxylation is 1. The van der Waals surface area contributed by atoms with Crippen molar-refractivity contribution in [2.24, 2.45) is 5.73 Å². The number of ketones is 1. The highest BCUT2D eigenvalue weighted by atomic mass is 19.1. The Hall–Kier alpha value is -1.42. The fourth-order valence-corrected chi connectivity index (χ4v) is 1.16. The van der Waals surface area contributed by atoms with E-state index in [1.54, 1.807) is 0 Å². The summed E-state index contributed by atoms with van der Waals surface area (Å²) in [5, 5.41) is 9.38. The van der Waals surface area contributed by atoms with Gasteiger partial charge in [-0.1, -0.05) is 0 Å². The standard InChI is InChI=1S/C10H12FNO2/c1-6-4-10(14)7(5-8(6)11)9(13)2-3-12/h4-5,14H,2-3,12H2,1H3. The molecule has 3 nitrogen and oxygen atoms in total. The molecule has 0 aromatic heterocycles. The Bertz CT molecular complexity index is 363. The van der Waals surface area contributed by atoms with Gasteiger partial charge in [0, 0.05) is 6.42 Å². The summed E-state index contributed by atoms with van der Waals surface area (Å²) in [5.74, 6) is -1.03. The summed E-state index contributed by atoms with van der Waals surface area (Å²) in [6.45, 7) is 1.71. The second-order valence-corrected chi connectivity index (χ2v) is 3.08. The summed E-state index contributed by atoms with van der Waals surface area (Å²) < 4.78 is 13.1. The average Bonchev–Trinajstić information content (AvgIpc) is 2.11. The van der Waals surface area contributed by atoms with E-state index in [4.69, 9.17) is 5.73 Å². The van der Waals surface area contributed by atoms with E-state index in [9.17, 15) is 14.3 Å². The van der Waals surface area contributed by atoms with Crippen molar-refractivity contribution < 1.29 is 14.3 Å². The highest BCUT2D eigenvalue weighted by Crippen LogP contribution is 2.22. The van der Waals surface area contributed by atoms with Crippen LogP contribution in [0.5, 0.6) is 5.75 Å². The van der Waals surface area contributed by atoms with Gasteiger partial charge in [-0.3, -0.25) is 4.79 Å². The summed E-state index contributed by atoms with van der Waals surface area (Å²) in [6, 6.07) is 2.28. The molecule has 14 heavy (non-hydrogen) atoms. The molecule has 0 atom stereocenters. The second-order valence-electron chi connectivity index (χ2n) is 3.08. The lowest BCUT2D eigenvalue weighted by Gasteiger charge is -2.04. The first-order valence-corrected chi connectivity index (χ1v) is 4.28. The number of phenols is 1. The van der Waals surface area contributed by atoms with Crippen molar-refractivity contribution in [1.29, 1.82) is 0 Å². The topological polar surface area (TPSA) is 63.3 Å². The van der Waals surface area contributed by atoms with Crippen molar-refractivity contribution in [2.45, 2.75) is 13.3 Å². The Kier molecular flexibility index (Phi) is 3.19. The molecule has 0 radical (unpaired) electrons. The van der Waals surface area contributed by atoms with Crippen LogP contribution in [0.25, 0.3) is 0 Å². The molecule has 1 rings (SSSR count). The van der Waals surface area contributed by atoms with Gasteiger partial charge in [0.1, 0.15) is 11.6 Å². The van der Waals surface area contributed by atoms with Crippen LogP contribution in [0.1, 0.15) is 22.3 Å². The molecule has 0 amide bonds. The molecule has 76 valence electrons. The summed E-state index contributed by atoms with van der Waals surface area (Å²) in [7, 11) is 0. The molecule has 0 spiro atoms. The Morgan fingerprint density at radius 2 is 2.21 bits per heavy atom. The summed E-state index contributed by atoms with van der Waals surface area (Å²) in [5.41, 5.74) is 5.50. The first kappa shape index (κ1) is 10.7. The Morgan fingerprint density at radius 1 is 1.57 bits per heavy atom. The first-order valence-electron chi connectivity index (χ1n) is 4.28. The van der Waals surface area contributed by atoms with E-state index in [-0.39, 0.29) is 30.1 Å². The minimum absolute atomic E-state index is 0.00134. The smallest absolute Gasteiger partial charge is 0.167 e. The molecule has 0 unspecified atom stereocenters. The number of phenolic OH excluding ortho intramolecular Hbond substituents is 1. The predicted octanol–water partition coefficient (Wildman–Crippen LogP) is 1.37. The van der Waals surface area contributed by atoms with Gasteiger partial charge in [0.25, 0.3) is 0 Å². The molecule has 3 N–H and O–H groups in total. The van der Waals surface area contributed by atoms with Gasteiger partial charge in [-0.25, -0.2) is 4.39 Å².